The van der Waals surface area contributed by atoms with Gasteiger partial charge in [0.25, 0.3) is 0 Å². The minimum absolute atomic E-state index is 0.336. The second kappa shape index (κ2) is 4.56. The van der Waals surface area contributed by atoms with Crippen LogP contribution in [0.5, 0.6) is 0 Å². The van der Waals surface area contributed by atoms with Crippen molar-refractivity contribution < 1.29 is 13.2 Å². The zero-order valence-electron chi connectivity index (χ0n) is 7.81. The van der Waals surface area contributed by atoms with Gasteiger partial charge in [-0.15, -0.1) is 0 Å². The maximum absolute atomic E-state index is 12.5. The quantitative estimate of drug-likeness (QED) is 0.708. The molecule has 0 aliphatic carbocycles. The third-order valence-corrected chi connectivity index (χ3v) is 3.07. The van der Waals surface area contributed by atoms with Crippen molar-refractivity contribution in [3.8, 4) is 0 Å². The van der Waals surface area contributed by atoms with E-state index in [0.29, 0.717) is 5.82 Å². The Balaban J connectivity index is 2.84. The van der Waals surface area contributed by atoms with Crippen molar-refractivity contribution in [2.24, 2.45) is 0 Å². The summed E-state index contributed by atoms with van der Waals surface area (Å²) in [6.45, 7) is 3.24. The maximum atomic E-state index is 12.5. The summed E-state index contributed by atoms with van der Waals surface area (Å²) in [5.74, 6) is -0.533. The van der Waals surface area contributed by atoms with Crippen molar-refractivity contribution in [2.75, 3.05) is 0 Å². The van der Waals surface area contributed by atoms with Gasteiger partial charge in [0, 0.05) is 11.2 Å². The van der Waals surface area contributed by atoms with Crippen molar-refractivity contribution in [1.29, 1.82) is 0 Å². The van der Waals surface area contributed by atoms with Crippen LogP contribution in [0.2, 0.25) is 0 Å². The molecular formula is C8H10FN2O2S-. The summed E-state index contributed by atoms with van der Waals surface area (Å²) in [4.78, 5) is 7.44. The third kappa shape index (κ3) is 2.55. The SMILES string of the molecule is C[C@@H](c1ncc(F)cn1)[C@H](C)S(=O)[O-]. The largest absolute Gasteiger partial charge is 0.772 e. The fourth-order valence-corrected chi connectivity index (χ4v) is 1.39. The van der Waals surface area contributed by atoms with Gasteiger partial charge in [0.05, 0.1) is 12.4 Å². The van der Waals surface area contributed by atoms with E-state index >= 15 is 0 Å². The molecule has 0 aliphatic rings. The van der Waals surface area contributed by atoms with Crippen molar-refractivity contribution in [3.05, 3.63) is 24.0 Å². The Kier molecular flexibility index (Phi) is 3.65. The highest BCUT2D eigenvalue weighted by molar-refractivity contribution is 7.79. The Morgan fingerprint density at radius 3 is 2.36 bits per heavy atom. The number of hydrogen-bond acceptors (Lipinski definition) is 4. The minimum Gasteiger partial charge on any atom is -0.772 e. The van der Waals surface area contributed by atoms with Gasteiger partial charge in [-0.25, -0.2) is 14.4 Å². The van der Waals surface area contributed by atoms with E-state index in [9.17, 15) is 13.2 Å². The first-order valence-corrected chi connectivity index (χ1v) is 5.21. The molecule has 0 spiro atoms. The number of nitrogens with zero attached hydrogens (tertiary/aromatic N) is 2. The molecule has 1 heterocycles. The zero-order valence-corrected chi connectivity index (χ0v) is 8.62. The lowest BCUT2D eigenvalue weighted by Gasteiger charge is -2.20. The van der Waals surface area contributed by atoms with Crippen LogP contribution in [0.25, 0.3) is 0 Å². The highest BCUT2D eigenvalue weighted by atomic mass is 32.2. The van der Waals surface area contributed by atoms with E-state index in [4.69, 9.17) is 0 Å². The molecule has 0 aromatic carbocycles. The first kappa shape index (κ1) is 11.2. The van der Waals surface area contributed by atoms with Gasteiger partial charge in [-0.3, -0.25) is 4.21 Å². The third-order valence-electron chi connectivity index (χ3n) is 2.06. The molecule has 1 aromatic heterocycles. The molecule has 0 N–H and O–H groups in total. The van der Waals surface area contributed by atoms with Gasteiger partial charge in [-0.05, 0) is 0 Å². The summed E-state index contributed by atoms with van der Waals surface area (Å²) in [6.07, 6.45) is 2.05. The van der Waals surface area contributed by atoms with Crippen LogP contribution < -0.4 is 0 Å². The van der Waals surface area contributed by atoms with Crippen molar-refractivity contribution in [2.45, 2.75) is 25.0 Å². The van der Waals surface area contributed by atoms with Crippen molar-refractivity contribution in [3.63, 3.8) is 0 Å². The summed E-state index contributed by atoms with van der Waals surface area (Å²) in [7, 11) is 0. The van der Waals surface area contributed by atoms with E-state index < -0.39 is 22.1 Å². The molecular weight excluding hydrogens is 207 g/mol. The highest BCUT2D eigenvalue weighted by Gasteiger charge is 2.17. The lowest BCUT2D eigenvalue weighted by molar-refractivity contribution is 0.509. The van der Waals surface area contributed by atoms with Crippen LogP contribution in [-0.2, 0) is 11.1 Å². The van der Waals surface area contributed by atoms with E-state index in [2.05, 4.69) is 9.97 Å². The first-order chi connectivity index (χ1) is 6.52. The predicted octanol–water partition coefficient (Wildman–Crippen LogP) is 0.987. The topological polar surface area (TPSA) is 65.9 Å². The van der Waals surface area contributed by atoms with Crippen LogP contribution in [0, 0.1) is 5.82 Å². The molecule has 14 heavy (non-hydrogen) atoms. The Morgan fingerprint density at radius 1 is 1.43 bits per heavy atom. The molecule has 78 valence electrons. The van der Waals surface area contributed by atoms with Crippen molar-refractivity contribution >= 4 is 11.1 Å². The molecule has 0 bridgehead atoms. The van der Waals surface area contributed by atoms with Crippen LogP contribution in [0.15, 0.2) is 12.4 Å². The van der Waals surface area contributed by atoms with Crippen LogP contribution in [0.3, 0.4) is 0 Å². The molecule has 4 nitrogen and oxygen atoms in total. The lowest BCUT2D eigenvalue weighted by Crippen LogP contribution is -2.20. The molecule has 0 amide bonds. The normalized spacial score (nSPS) is 17.4. The molecule has 0 fully saturated rings. The fourth-order valence-electron chi connectivity index (χ4n) is 0.934. The number of rotatable bonds is 3. The molecule has 1 rings (SSSR count). The summed E-state index contributed by atoms with van der Waals surface area (Å²) >= 11 is -2.17. The maximum Gasteiger partial charge on any atom is 0.159 e. The smallest absolute Gasteiger partial charge is 0.159 e. The number of halogens is 1. The second-order valence-corrected chi connectivity index (χ2v) is 4.28. The van der Waals surface area contributed by atoms with Gasteiger partial charge in [0.1, 0.15) is 5.82 Å². The number of aromatic nitrogens is 2. The Hall–Kier alpha value is -0.880. The molecule has 0 radical (unpaired) electrons. The monoisotopic (exact) mass is 217 g/mol. The van der Waals surface area contributed by atoms with Crippen molar-refractivity contribution in [1.82, 2.24) is 9.97 Å². The average molecular weight is 217 g/mol. The van der Waals surface area contributed by atoms with Crippen LogP contribution in [0.4, 0.5) is 4.39 Å². The van der Waals surface area contributed by atoms with Gasteiger partial charge < -0.3 is 4.55 Å². The standard InChI is InChI=1S/C8H11FN2O2S/c1-5(6(2)14(12)13)8-10-3-7(9)4-11-8/h3-6H,1-2H3,(H,12,13)/p-1/t5-,6+/m1/s1. The molecule has 3 atom stereocenters. The molecule has 1 aromatic rings. The molecule has 6 heteroatoms. The Morgan fingerprint density at radius 2 is 1.93 bits per heavy atom. The average Bonchev–Trinajstić information content (AvgIpc) is 2.16. The molecule has 1 unspecified atom stereocenters. The van der Waals surface area contributed by atoms with Crippen LogP contribution >= 0.6 is 0 Å². The van der Waals surface area contributed by atoms with Gasteiger partial charge >= 0.3 is 0 Å². The first-order valence-electron chi connectivity index (χ1n) is 4.08. The van der Waals surface area contributed by atoms with E-state index in [1.807, 2.05) is 0 Å². The zero-order chi connectivity index (χ0) is 10.7. The van der Waals surface area contributed by atoms with E-state index in [1.54, 1.807) is 13.8 Å². The van der Waals surface area contributed by atoms with E-state index in [0.717, 1.165) is 12.4 Å². The van der Waals surface area contributed by atoms with Gasteiger partial charge in [-0.1, -0.05) is 24.9 Å². The van der Waals surface area contributed by atoms with Gasteiger partial charge in [-0.2, -0.15) is 0 Å². The van der Waals surface area contributed by atoms with Gasteiger partial charge in [0.15, 0.2) is 5.82 Å². The Bertz CT molecular complexity index is 331. The summed E-state index contributed by atoms with van der Waals surface area (Å²) < 4.78 is 33.8. The van der Waals surface area contributed by atoms with E-state index in [1.165, 1.54) is 0 Å². The highest BCUT2D eigenvalue weighted by Crippen LogP contribution is 2.17. The lowest BCUT2D eigenvalue weighted by atomic mass is 10.1. The molecule has 0 aliphatic heterocycles. The summed E-state index contributed by atoms with van der Waals surface area (Å²) in [6, 6.07) is 0. The second-order valence-electron chi connectivity index (χ2n) is 3.01. The Labute approximate surface area is 83.9 Å². The molecule has 0 saturated heterocycles. The summed E-state index contributed by atoms with van der Waals surface area (Å²) in [5.41, 5.74) is 0. The fraction of sp³-hybridized carbons (Fsp3) is 0.500. The predicted molar refractivity (Wildman–Crippen MR) is 48.8 cm³/mol. The summed E-state index contributed by atoms with van der Waals surface area (Å²) in [5, 5.41) is -0.583. The van der Waals surface area contributed by atoms with Crippen LogP contribution in [0.1, 0.15) is 25.6 Å². The minimum atomic E-state index is -2.17. The van der Waals surface area contributed by atoms with E-state index in [-0.39, 0.29) is 5.92 Å². The van der Waals surface area contributed by atoms with Crippen LogP contribution in [-0.4, -0.2) is 24.0 Å². The number of hydrogen-bond donors (Lipinski definition) is 0. The molecule has 0 saturated carbocycles. The van der Waals surface area contributed by atoms with Gasteiger partial charge in [0.2, 0.25) is 0 Å².